The van der Waals surface area contributed by atoms with Crippen molar-refractivity contribution in [3.63, 3.8) is 0 Å². The first kappa shape index (κ1) is 22.0. The van der Waals surface area contributed by atoms with Crippen LogP contribution in [0.1, 0.15) is 41.6 Å². The quantitative estimate of drug-likeness (QED) is 0.355. The lowest BCUT2D eigenvalue weighted by atomic mass is 10.1. The smallest absolute Gasteiger partial charge is 0.256 e. The van der Waals surface area contributed by atoms with Gasteiger partial charge in [-0.05, 0) is 37.1 Å². The van der Waals surface area contributed by atoms with E-state index in [-0.39, 0.29) is 5.91 Å². The summed E-state index contributed by atoms with van der Waals surface area (Å²) < 4.78 is 14.2. The maximum Gasteiger partial charge on any atom is 0.256 e. The Hall–Kier alpha value is -3.80. The largest absolute Gasteiger partial charge is 0.490 e. The molecule has 2 aromatic heterocycles. The highest BCUT2D eigenvalue weighted by Crippen LogP contribution is 2.33. The fourth-order valence-corrected chi connectivity index (χ4v) is 4.48. The van der Waals surface area contributed by atoms with Gasteiger partial charge in [0.15, 0.2) is 11.5 Å². The highest BCUT2D eigenvalue weighted by molar-refractivity contribution is 6.07. The van der Waals surface area contributed by atoms with Gasteiger partial charge in [-0.2, -0.15) is 0 Å². The monoisotopic (exact) mass is 455 g/mol. The van der Waals surface area contributed by atoms with Crippen LogP contribution < -0.4 is 9.47 Å². The second-order valence-electron chi connectivity index (χ2n) is 8.68. The molecule has 1 aliphatic rings. The molecule has 0 saturated heterocycles. The van der Waals surface area contributed by atoms with Gasteiger partial charge in [0, 0.05) is 42.5 Å². The van der Waals surface area contributed by atoms with Crippen molar-refractivity contribution in [2.24, 2.45) is 7.05 Å². The minimum absolute atomic E-state index is 0.0300. The molecule has 174 valence electrons. The average Bonchev–Trinajstić information content (AvgIpc) is 3.20. The van der Waals surface area contributed by atoms with Gasteiger partial charge in [-0.3, -0.25) is 4.79 Å². The minimum Gasteiger partial charge on any atom is -0.490 e. The molecular formula is C28H29N3O3. The number of rotatable bonds is 1. The third-order valence-electron chi connectivity index (χ3n) is 6.26. The Morgan fingerprint density at radius 1 is 0.912 bits per heavy atom. The van der Waals surface area contributed by atoms with Crippen molar-refractivity contribution in [1.82, 2.24) is 14.5 Å². The summed E-state index contributed by atoms with van der Waals surface area (Å²) in [6.45, 7) is 1.73. The van der Waals surface area contributed by atoms with Crippen LogP contribution in [0.5, 0.6) is 17.4 Å². The predicted molar refractivity (Wildman–Crippen MR) is 132 cm³/mol. The number of hydrogen-bond donors (Lipinski definition) is 0. The molecule has 5 rings (SSSR count). The van der Waals surface area contributed by atoms with Gasteiger partial charge in [-0.15, -0.1) is 0 Å². The van der Waals surface area contributed by atoms with Crippen LogP contribution in [0.3, 0.4) is 0 Å². The third-order valence-corrected chi connectivity index (χ3v) is 6.26. The molecule has 1 amide bonds. The molecule has 4 aromatic rings. The molecule has 0 atom stereocenters. The number of nitrogens with zero attached hydrogens (tertiary/aromatic N) is 3. The van der Waals surface area contributed by atoms with Gasteiger partial charge in [0.1, 0.15) is 0 Å². The fourth-order valence-electron chi connectivity index (χ4n) is 4.48. The summed E-state index contributed by atoms with van der Waals surface area (Å²) in [5.74, 6) is 1.86. The van der Waals surface area contributed by atoms with Crippen molar-refractivity contribution in [3.8, 4) is 17.4 Å². The summed E-state index contributed by atoms with van der Waals surface area (Å²) in [7, 11) is 1.98. The molecule has 0 fully saturated rings. The normalized spacial score (nSPS) is 14.9. The molecule has 6 nitrogen and oxygen atoms in total. The highest BCUT2D eigenvalue weighted by atomic mass is 16.5. The van der Waals surface area contributed by atoms with Gasteiger partial charge in [0.2, 0.25) is 5.88 Å². The van der Waals surface area contributed by atoms with E-state index >= 15 is 0 Å². The predicted octanol–water partition coefficient (Wildman–Crippen LogP) is 5.96. The third kappa shape index (κ3) is 4.62. The van der Waals surface area contributed by atoms with Crippen LogP contribution in [-0.4, -0.2) is 33.5 Å². The molecule has 0 aliphatic carbocycles. The van der Waals surface area contributed by atoms with Gasteiger partial charge >= 0.3 is 0 Å². The van der Waals surface area contributed by atoms with Crippen molar-refractivity contribution >= 4 is 16.8 Å². The van der Waals surface area contributed by atoms with Crippen molar-refractivity contribution < 1.29 is 14.3 Å². The van der Waals surface area contributed by atoms with Gasteiger partial charge in [-0.25, -0.2) is 4.98 Å². The van der Waals surface area contributed by atoms with Crippen molar-refractivity contribution in [2.45, 2.75) is 32.2 Å². The minimum atomic E-state index is 0.0300. The molecule has 0 bridgehead atoms. The van der Waals surface area contributed by atoms with Crippen molar-refractivity contribution in [3.05, 3.63) is 84.2 Å². The van der Waals surface area contributed by atoms with Crippen LogP contribution >= 0.6 is 0 Å². The van der Waals surface area contributed by atoms with E-state index < -0.39 is 0 Å². The molecule has 1 aliphatic heterocycles. The Morgan fingerprint density at radius 3 is 2.62 bits per heavy atom. The standard InChI is InChI=1S/C28H29N3O3/c1-30-20-23(22-12-4-5-13-24(22)30)28(32)31-17-8-2-3-9-18-33-25-14-6-7-15-26(25)34-27-21(19-31)11-10-16-29-27/h4-7,10-16,20H,2-3,8-9,17-19H2,1H3. The number of pyridine rings is 1. The highest BCUT2D eigenvalue weighted by Gasteiger charge is 2.22. The Labute approximate surface area is 199 Å². The molecule has 6 heteroatoms. The second kappa shape index (κ2) is 10.00. The summed E-state index contributed by atoms with van der Waals surface area (Å²) in [6.07, 6.45) is 7.64. The van der Waals surface area contributed by atoms with E-state index in [0.29, 0.717) is 37.1 Å². The van der Waals surface area contributed by atoms with Crippen LogP contribution in [0.25, 0.3) is 10.9 Å². The molecule has 0 N–H and O–H groups in total. The Kier molecular flexibility index (Phi) is 6.47. The number of amides is 1. The van der Waals surface area contributed by atoms with Crippen molar-refractivity contribution in [2.75, 3.05) is 13.2 Å². The summed E-state index contributed by atoms with van der Waals surface area (Å²) in [5, 5.41) is 0.975. The van der Waals surface area contributed by atoms with E-state index in [9.17, 15) is 4.79 Å². The Morgan fingerprint density at radius 2 is 1.71 bits per heavy atom. The average molecular weight is 456 g/mol. The van der Waals surface area contributed by atoms with Gasteiger partial charge < -0.3 is 18.9 Å². The Bertz CT molecular complexity index is 1300. The first-order valence-electron chi connectivity index (χ1n) is 11.9. The lowest BCUT2D eigenvalue weighted by molar-refractivity contribution is 0.0740. The summed E-state index contributed by atoms with van der Waals surface area (Å²) in [6, 6.07) is 19.6. The Balaban J connectivity index is 1.50. The first-order chi connectivity index (χ1) is 16.7. The zero-order valence-corrected chi connectivity index (χ0v) is 19.4. The van der Waals surface area contributed by atoms with Gasteiger partial charge in [0.05, 0.1) is 18.7 Å². The molecule has 0 saturated carbocycles. The van der Waals surface area contributed by atoms with Crippen LogP contribution in [0.4, 0.5) is 0 Å². The number of aryl methyl sites for hydroxylation is 1. The molecule has 0 unspecified atom stereocenters. The zero-order chi connectivity index (χ0) is 23.3. The summed E-state index contributed by atoms with van der Waals surface area (Å²) in [5.41, 5.74) is 2.64. The van der Waals surface area contributed by atoms with E-state index in [1.165, 1.54) is 0 Å². The topological polar surface area (TPSA) is 56.6 Å². The zero-order valence-electron chi connectivity index (χ0n) is 19.4. The van der Waals surface area contributed by atoms with Crippen LogP contribution in [0.2, 0.25) is 0 Å². The summed E-state index contributed by atoms with van der Waals surface area (Å²) in [4.78, 5) is 20.2. The lowest BCUT2D eigenvalue weighted by Crippen LogP contribution is -2.31. The van der Waals surface area contributed by atoms with Crippen LogP contribution in [0, 0.1) is 0 Å². The van der Waals surface area contributed by atoms with Gasteiger partial charge in [-0.1, -0.05) is 49.2 Å². The SMILES string of the molecule is Cn1cc(C(=O)N2CCCCCCOc3ccccc3Oc3ncccc3C2)c2ccccc21. The number of fused-ring (bicyclic) bond motifs is 3. The molecule has 34 heavy (non-hydrogen) atoms. The van der Waals surface area contributed by atoms with E-state index in [1.807, 2.05) is 83.4 Å². The van der Waals surface area contributed by atoms with Crippen LogP contribution in [-0.2, 0) is 13.6 Å². The molecule has 2 aromatic carbocycles. The number of carbonyl (C=O) groups excluding carboxylic acids is 1. The maximum absolute atomic E-state index is 13.8. The fraction of sp³-hybridized carbons (Fsp3) is 0.286. The number of benzene rings is 2. The maximum atomic E-state index is 13.8. The molecular weight excluding hydrogens is 426 g/mol. The van der Waals surface area contributed by atoms with E-state index in [1.54, 1.807) is 6.20 Å². The number of ether oxygens (including phenoxy) is 2. The molecule has 0 spiro atoms. The second-order valence-corrected chi connectivity index (χ2v) is 8.68. The van der Waals surface area contributed by atoms with E-state index in [4.69, 9.17) is 9.47 Å². The van der Waals surface area contributed by atoms with E-state index in [2.05, 4.69) is 4.98 Å². The number of para-hydroxylation sites is 3. The van der Waals surface area contributed by atoms with Gasteiger partial charge in [0.25, 0.3) is 5.91 Å². The molecule has 3 heterocycles. The van der Waals surface area contributed by atoms with Crippen LogP contribution in [0.15, 0.2) is 73.1 Å². The molecule has 0 radical (unpaired) electrons. The van der Waals surface area contributed by atoms with Crippen molar-refractivity contribution in [1.29, 1.82) is 0 Å². The number of aromatic nitrogens is 2. The number of hydrogen-bond acceptors (Lipinski definition) is 4. The summed E-state index contributed by atoms with van der Waals surface area (Å²) >= 11 is 0. The first-order valence-corrected chi connectivity index (χ1v) is 11.9. The lowest BCUT2D eigenvalue weighted by Gasteiger charge is -2.24. The van der Waals surface area contributed by atoms with E-state index in [0.717, 1.165) is 47.7 Å². The number of carbonyl (C=O) groups is 1.